The highest BCUT2D eigenvalue weighted by Crippen LogP contribution is 2.36. The molecule has 1 aliphatic rings. The van der Waals surface area contributed by atoms with Crippen molar-refractivity contribution in [3.05, 3.63) is 123 Å². The Balaban J connectivity index is 1.38. The Morgan fingerprint density at radius 1 is 0.974 bits per heavy atom. The molecule has 4 aromatic carbocycles. The third-order valence-corrected chi connectivity index (χ3v) is 7.15. The Labute approximate surface area is 226 Å². The summed E-state index contributed by atoms with van der Waals surface area (Å²) in [5.41, 5.74) is 2.17. The number of fused-ring (bicyclic) bond motifs is 2. The van der Waals surface area contributed by atoms with Crippen molar-refractivity contribution in [2.75, 3.05) is 6.79 Å². The lowest BCUT2D eigenvalue weighted by Crippen LogP contribution is -2.21. The van der Waals surface area contributed by atoms with Crippen molar-refractivity contribution in [3.63, 3.8) is 0 Å². The van der Waals surface area contributed by atoms with Crippen LogP contribution in [0.4, 0.5) is 5.69 Å². The SMILES string of the molecule is O=c1c2ccccc2nc(SCc2cc([N+](=O)[O-])cc3c2OCOC3)n1-c1ccc(Oc2ccccc2)cc1. The van der Waals surface area contributed by atoms with Crippen molar-refractivity contribution in [1.82, 2.24) is 9.55 Å². The second-order valence-corrected chi connectivity index (χ2v) is 9.65. The number of non-ortho nitro benzene ring substituents is 1. The zero-order valence-corrected chi connectivity index (χ0v) is 21.3. The van der Waals surface area contributed by atoms with Crippen molar-refractivity contribution in [2.45, 2.75) is 17.5 Å². The average Bonchev–Trinajstić information content (AvgIpc) is 2.97. The van der Waals surface area contributed by atoms with E-state index in [9.17, 15) is 14.9 Å². The van der Waals surface area contributed by atoms with Gasteiger partial charge in [0.15, 0.2) is 11.9 Å². The lowest BCUT2D eigenvalue weighted by Gasteiger charge is -2.20. The fourth-order valence-corrected chi connectivity index (χ4v) is 5.34. The zero-order chi connectivity index (χ0) is 26.8. The highest BCUT2D eigenvalue weighted by molar-refractivity contribution is 7.98. The van der Waals surface area contributed by atoms with Gasteiger partial charge in [0.05, 0.1) is 28.1 Å². The summed E-state index contributed by atoms with van der Waals surface area (Å²) in [6, 6.07) is 26.7. The van der Waals surface area contributed by atoms with Gasteiger partial charge >= 0.3 is 0 Å². The number of hydrogen-bond donors (Lipinski definition) is 0. The molecule has 0 radical (unpaired) electrons. The van der Waals surface area contributed by atoms with Crippen LogP contribution in [0.25, 0.3) is 16.6 Å². The van der Waals surface area contributed by atoms with Gasteiger partial charge < -0.3 is 14.2 Å². The van der Waals surface area contributed by atoms with Gasteiger partial charge in [0.1, 0.15) is 17.2 Å². The predicted octanol–water partition coefficient (Wildman–Crippen LogP) is 6.25. The van der Waals surface area contributed by atoms with Gasteiger partial charge in [-0.2, -0.15) is 0 Å². The maximum atomic E-state index is 13.7. The van der Waals surface area contributed by atoms with Crippen LogP contribution in [0.5, 0.6) is 17.2 Å². The van der Waals surface area contributed by atoms with Crippen LogP contribution < -0.4 is 15.0 Å². The summed E-state index contributed by atoms with van der Waals surface area (Å²) in [6.45, 7) is 0.295. The molecule has 2 heterocycles. The first-order valence-electron chi connectivity index (χ1n) is 12.1. The van der Waals surface area contributed by atoms with E-state index in [1.54, 1.807) is 47.0 Å². The minimum atomic E-state index is -0.438. The van der Waals surface area contributed by atoms with Crippen molar-refractivity contribution >= 4 is 28.4 Å². The third-order valence-electron chi connectivity index (χ3n) is 6.16. The van der Waals surface area contributed by atoms with E-state index >= 15 is 0 Å². The molecule has 39 heavy (non-hydrogen) atoms. The summed E-state index contributed by atoms with van der Waals surface area (Å²) in [5.74, 6) is 2.20. The van der Waals surface area contributed by atoms with Crippen LogP contribution in [0.2, 0.25) is 0 Å². The molecule has 0 spiro atoms. The number of thioether (sulfide) groups is 1. The smallest absolute Gasteiger partial charge is 0.270 e. The largest absolute Gasteiger partial charge is 0.467 e. The maximum absolute atomic E-state index is 13.7. The molecule has 0 bridgehead atoms. The summed E-state index contributed by atoms with van der Waals surface area (Å²) >= 11 is 1.30. The molecule has 0 aliphatic carbocycles. The van der Waals surface area contributed by atoms with Crippen LogP contribution >= 0.6 is 11.8 Å². The lowest BCUT2D eigenvalue weighted by atomic mass is 10.1. The van der Waals surface area contributed by atoms with Gasteiger partial charge in [0, 0.05) is 29.0 Å². The van der Waals surface area contributed by atoms with Gasteiger partial charge in [-0.15, -0.1) is 0 Å². The van der Waals surface area contributed by atoms with Crippen LogP contribution in [0.15, 0.2) is 101 Å². The highest BCUT2D eigenvalue weighted by atomic mass is 32.2. The van der Waals surface area contributed by atoms with E-state index in [0.29, 0.717) is 55.9 Å². The monoisotopic (exact) mass is 539 g/mol. The number of ether oxygens (including phenoxy) is 3. The molecule has 0 amide bonds. The Morgan fingerprint density at radius 3 is 2.51 bits per heavy atom. The predicted molar refractivity (Wildman–Crippen MR) is 147 cm³/mol. The van der Waals surface area contributed by atoms with Crippen LogP contribution in [0.3, 0.4) is 0 Å². The van der Waals surface area contributed by atoms with E-state index in [1.165, 1.54) is 23.9 Å². The normalized spacial score (nSPS) is 12.5. The van der Waals surface area contributed by atoms with E-state index in [1.807, 2.05) is 36.4 Å². The zero-order valence-electron chi connectivity index (χ0n) is 20.5. The topological polar surface area (TPSA) is 106 Å². The Morgan fingerprint density at radius 2 is 1.72 bits per heavy atom. The molecule has 0 atom stereocenters. The number of aromatic nitrogens is 2. The molecule has 1 aliphatic heterocycles. The van der Waals surface area contributed by atoms with Gasteiger partial charge in [-0.1, -0.05) is 42.1 Å². The molecule has 0 saturated carbocycles. The Kier molecular flexibility index (Phi) is 6.70. The number of rotatable bonds is 7. The van der Waals surface area contributed by atoms with Gasteiger partial charge in [-0.25, -0.2) is 4.98 Å². The number of benzene rings is 4. The van der Waals surface area contributed by atoms with Crippen molar-refractivity contribution in [1.29, 1.82) is 0 Å². The van der Waals surface area contributed by atoms with Crippen LogP contribution in [0.1, 0.15) is 11.1 Å². The minimum Gasteiger partial charge on any atom is -0.467 e. The Bertz CT molecular complexity index is 1740. The molecule has 6 rings (SSSR count). The van der Waals surface area contributed by atoms with E-state index in [0.717, 1.165) is 0 Å². The molecule has 194 valence electrons. The van der Waals surface area contributed by atoms with Gasteiger partial charge in [-0.3, -0.25) is 19.5 Å². The molecule has 0 saturated heterocycles. The van der Waals surface area contributed by atoms with Gasteiger partial charge in [0.2, 0.25) is 0 Å². The van der Waals surface area contributed by atoms with Crippen LogP contribution in [-0.2, 0) is 17.1 Å². The molecule has 0 fully saturated rings. The molecule has 0 N–H and O–H groups in total. The molecular weight excluding hydrogens is 518 g/mol. The fourth-order valence-electron chi connectivity index (χ4n) is 4.36. The quantitative estimate of drug-likeness (QED) is 0.103. The average molecular weight is 540 g/mol. The van der Waals surface area contributed by atoms with Crippen LogP contribution in [-0.4, -0.2) is 21.3 Å². The van der Waals surface area contributed by atoms with E-state index < -0.39 is 4.92 Å². The first-order valence-corrected chi connectivity index (χ1v) is 13.0. The van der Waals surface area contributed by atoms with Crippen molar-refractivity contribution in [2.24, 2.45) is 0 Å². The number of para-hydroxylation sites is 2. The first-order chi connectivity index (χ1) is 19.1. The van der Waals surface area contributed by atoms with Crippen molar-refractivity contribution < 1.29 is 19.1 Å². The molecule has 9 nitrogen and oxygen atoms in total. The summed E-state index contributed by atoms with van der Waals surface area (Å²) in [7, 11) is 0. The number of hydrogen-bond acceptors (Lipinski definition) is 8. The van der Waals surface area contributed by atoms with E-state index in [4.69, 9.17) is 19.2 Å². The maximum Gasteiger partial charge on any atom is 0.270 e. The first kappa shape index (κ1) is 24.7. The second kappa shape index (κ2) is 10.6. The second-order valence-electron chi connectivity index (χ2n) is 8.71. The molecular formula is C29H21N3O6S. The summed E-state index contributed by atoms with van der Waals surface area (Å²) < 4.78 is 18.5. The van der Waals surface area contributed by atoms with E-state index in [-0.39, 0.29) is 24.6 Å². The number of nitrogens with zero attached hydrogens (tertiary/aromatic N) is 3. The molecule has 5 aromatic rings. The molecule has 0 unspecified atom stereocenters. The van der Waals surface area contributed by atoms with Crippen LogP contribution in [0, 0.1) is 10.1 Å². The molecule has 1 aromatic heterocycles. The summed E-state index contributed by atoms with van der Waals surface area (Å²) in [4.78, 5) is 29.5. The number of nitro benzene ring substituents is 1. The third kappa shape index (κ3) is 5.07. The summed E-state index contributed by atoms with van der Waals surface area (Å²) in [6.07, 6.45) is 0. The van der Waals surface area contributed by atoms with Gasteiger partial charge in [-0.05, 0) is 48.5 Å². The highest BCUT2D eigenvalue weighted by Gasteiger charge is 2.22. The summed E-state index contributed by atoms with van der Waals surface area (Å²) in [5, 5.41) is 12.5. The van der Waals surface area contributed by atoms with Gasteiger partial charge in [0.25, 0.3) is 11.2 Å². The Hall–Kier alpha value is -4.67. The lowest BCUT2D eigenvalue weighted by molar-refractivity contribution is -0.385. The minimum absolute atomic E-state index is 0.0451. The van der Waals surface area contributed by atoms with E-state index in [2.05, 4.69) is 0 Å². The molecule has 10 heteroatoms. The number of nitro groups is 1. The standard InChI is InChI=1S/C29H21N3O6S/c33-28-25-8-4-5-9-26(25)30-29(31(28)21-10-12-24(13-11-21)38-23-6-2-1-3-7-23)39-17-20-15-22(32(34)35)14-19-16-36-18-37-27(19)20/h1-15H,16-18H2. The van der Waals surface area contributed by atoms with Crippen molar-refractivity contribution in [3.8, 4) is 22.9 Å². The fraction of sp³-hybridized carbons (Fsp3) is 0.103.